The molecule has 1 aliphatic rings. The minimum absolute atomic E-state index is 0.0412. The maximum atomic E-state index is 12.3. The third-order valence-electron chi connectivity index (χ3n) is 3.32. The Bertz CT molecular complexity index is 521. The molecule has 0 atom stereocenters. The van der Waals surface area contributed by atoms with E-state index in [0.29, 0.717) is 44.2 Å². The van der Waals surface area contributed by atoms with Crippen LogP contribution in [0.25, 0.3) is 0 Å². The zero-order chi connectivity index (χ0) is 15.2. The van der Waals surface area contributed by atoms with Crippen molar-refractivity contribution in [2.24, 2.45) is 0 Å². The van der Waals surface area contributed by atoms with Crippen molar-refractivity contribution in [2.45, 2.75) is 6.92 Å². The molecule has 0 spiro atoms. The summed E-state index contributed by atoms with van der Waals surface area (Å²) in [6.07, 6.45) is 1.72. The monoisotopic (exact) mass is 289 g/mol. The summed E-state index contributed by atoms with van der Waals surface area (Å²) in [4.78, 5) is 27.0. The standard InChI is InChI=1S/C14H19N5O2/c1-3-6-15-13-5-4-12(16-17-13)14(21)19-9-7-18(8-10-19)11(2)20/h3-5H,1,6-10H2,2H3,(H,15,17). The number of nitrogens with zero attached hydrogens (tertiary/aromatic N) is 4. The first kappa shape index (κ1) is 15.0. The Balaban J connectivity index is 1.94. The fourth-order valence-corrected chi connectivity index (χ4v) is 2.10. The van der Waals surface area contributed by atoms with Gasteiger partial charge in [0.15, 0.2) is 5.69 Å². The van der Waals surface area contributed by atoms with E-state index < -0.39 is 0 Å². The molecule has 2 amide bonds. The van der Waals surface area contributed by atoms with Crippen molar-refractivity contribution in [3.05, 3.63) is 30.5 Å². The van der Waals surface area contributed by atoms with Gasteiger partial charge < -0.3 is 15.1 Å². The third-order valence-corrected chi connectivity index (χ3v) is 3.32. The van der Waals surface area contributed by atoms with E-state index in [4.69, 9.17) is 0 Å². The Hall–Kier alpha value is -2.44. The molecule has 7 heteroatoms. The van der Waals surface area contributed by atoms with Gasteiger partial charge in [-0.25, -0.2) is 0 Å². The van der Waals surface area contributed by atoms with E-state index in [1.165, 1.54) is 6.92 Å². The highest BCUT2D eigenvalue weighted by atomic mass is 16.2. The van der Waals surface area contributed by atoms with Gasteiger partial charge in [0.1, 0.15) is 5.82 Å². The molecule has 1 N–H and O–H groups in total. The van der Waals surface area contributed by atoms with Crippen LogP contribution in [0.2, 0.25) is 0 Å². The van der Waals surface area contributed by atoms with Crippen LogP contribution < -0.4 is 5.32 Å². The highest BCUT2D eigenvalue weighted by Crippen LogP contribution is 2.08. The highest BCUT2D eigenvalue weighted by molar-refractivity contribution is 5.92. The molecule has 21 heavy (non-hydrogen) atoms. The van der Waals surface area contributed by atoms with Gasteiger partial charge in [0, 0.05) is 39.6 Å². The lowest BCUT2D eigenvalue weighted by atomic mass is 10.2. The summed E-state index contributed by atoms with van der Waals surface area (Å²) < 4.78 is 0. The smallest absolute Gasteiger partial charge is 0.274 e. The Morgan fingerprint density at radius 3 is 2.43 bits per heavy atom. The number of carbonyl (C=O) groups is 2. The van der Waals surface area contributed by atoms with E-state index in [1.807, 2.05) is 0 Å². The summed E-state index contributed by atoms with van der Waals surface area (Å²) in [5, 5.41) is 10.9. The Labute approximate surface area is 123 Å². The van der Waals surface area contributed by atoms with Gasteiger partial charge in [-0.2, -0.15) is 0 Å². The average Bonchev–Trinajstić information content (AvgIpc) is 2.53. The number of piperazine rings is 1. The van der Waals surface area contributed by atoms with Crippen molar-refractivity contribution in [3.8, 4) is 0 Å². The molecule has 0 unspecified atom stereocenters. The van der Waals surface area contributed by atoms with E-state index in [2.05, 4.69) is 22.1 Å². The van der Waals surface area contributed by atoms with E-state index >= 15 is 0 Å². The van der Waals surface area contributed by atoms with Crippen LogP contribution in [0.4, 0.5) is 5.82 Å². The number of hydrogen-bond donors (Lipinski definition) is 1. The highest BCUT2D eigenvalue weighted by Gasteiger charge is 2.24. The van der Waals surface area contributed by atoms with Crippen LogP contribution in [-0.4, -0.2) is 64.5 Å². The molecular weight excluding hydrogens is 270 g/mol. The molecule has 1 saturated heterocycles. The van der Waals surface area contributed by atoms with Crippen LogP contribution in [0.3, 0.4) is 0 Å². The lowest BCUT2D eigenvalue weighted by Gasteiger charge is -2.33. The Morgan fingerprint density at radius 1 is 1.24 bits per heavy atom. The van der Waals surface area contributed by atoms with Gasteiger partial charge in [0.2, 0.25) is 5.91 Å². The van der Waals surface area contributed by atoms with Crippen LogP contribution >= 0.6 is 0 Å². The zero-order valence-corrected chi connectivity index (χ0v) is 12.1. The van der Waals surface area contributed by atoms with Gasteiger partial charge in [-0.05, 0) is 12.1 Å². The lowest BCUT2D eigenvalue weighted by Crippen LogP contribution is -2.50. The summed E-state index contributed by atoms with van der Waals surface area (Å²) >= 11 is 0. The molecule has 0 aliphatic carbocycles. The summed E-state index contributed by atoms with van der Waals surface area (Å²) in [7, 11) is 0. The zero-order valence-electron chi connectivity index (χ0n) is 12.1. The summed E-state index contributed by atoms with van der Waals surface area (Å²) in [6.45, 7) is 7.91. The molecule has 1 aliphatic heterocycles. The van der Waals surface area contributed by atoms with Crippen LogP contribution in [-0.2, 0) is 4.79 Å². The van der Waals surface area contributed by atoms with Gasteiger partial charge in [-0.3, -0.25) is 9.59 Å². The lowest BCUT2D eigenvalue weighted by molar-refractivity contribution is -0.130. The van der Waals surface area contributed by atoms with Gasteiger partial charge in [0.25, 0.3) is 5.91 Å². The summed E-state index contributed by atoms with van der Waals surface area (Å²) in [6, 6.07) is 3.37. The van der Waals surface area contributed by atoms with Gasteiger partial charge in [-0.1, -0.05) is 6.08 Å². The molecule has 1 aromatic heterocycles. The van der Waals surface area contributed by atoms with E-state index in [-0.39, 0.29) is 11.8 Å². The molecule has 112 valence electrons. The fourth-order valence-electron chi connectivity index (χ4n) is 2.10. The maximum absolute atomic E-state index is 12.3. The molecule has 0 saturated carbocycles. The molecule has 1 fully saturated rings. The molecule has 0 aromatic carbocycles. The number of aromatic nitrogens is 2. The quantitative estimate of drug-likeness (QED) is 0.811. The van der Waals surface area contributed by atoms with Crippen molar-refractivity contribution in [3.63, 3.8) is 0 Å². The maximum Gasteiger partial charge on any atom is 0.274 e. The average molecular weight is 289 g/mol. The number of carbonyl (C=O) groups excluding carboxylic acids is 2. The minimum atomic E-state index is -0.152. The van der Waals surface area contributed by atoms with Crippen molar-refractivity contribution in [2.75, 3.05) is 38.0 Å². The molecule has 1 aromatic rings. The predicted molar refractivity (Wildman–Crippen MR) is 78.9 cm³/mol. The van der Waals surface area contributed by atoms with E-state index in [1.54, 1.807) is 28.0 Å². The van der Waals surface area contributed by atoms with Crippen LogP contribution in [0.15, 0.2) is 24.8 Å². The topological polar surface area (TPSA) is 78.4 Å². The summed E-state index contributed by atoms with van der Waals surface area (Å²) in [5.74, 6) is 0.494. The largest absolute Gasteiger partial charge is 0.365 e. The molecule has 0 radical (unpaired) electrons. The SMILES string of the molecule is C=CCNc1ccc(C(=O)N2CCN(C(C)=O)CC2)nn1. The first-order valence-corrected chi connectivity index (χ1v) is 6.85. The second kappa shape index (κ2) is 6.83. The number of rotatable bonds is 4. The fraction of sp³-hybridized carbons (Fsp3) is 0.429. The number of nitrogens with one attached hydrogen (secondary N) is 1. The van der Waals surface area contributed by atoms with Crippen LogP contribution in [0.1, 0.15) is 17.4 Å². The number of anilines is 1. The van der Waals surface area contributed by atoms with Crippen LogP contribution in [0, 0.1) is 0 Å². The molecular formula is C14H19N5O2. The molecule has 2 rings (SSSR count). The second-order valence-corrected chi connectivity index (χ2v) is 4.77. The minimum Gasteiger partial charge on any atom is -0.365 e. The van der Waals surface area contributed by atoms with Gasteiger partial charge >= 0.3 is 0 Å². The summed E-state index contributed by atoms with van der Waals surface area (Å²) in [5.41, 5.74) is 0.315. The van der Waals surface area contributed by atoms with Crippen molar-refractivity contribution >= 4 is 17.6 Å². The Kier molecular flexibility index (Phi) is 4.86. The van der Waals surface area contributed by atoms with Crippen molar-refractivity contribution < 1.29 is 9.59 Å². The van der Waals surface area contributed by atoms with Crippen molar-refractivity contribution in [1.82, 2.24) is 20.0 Å². The number of hydrogen-bond acceptors (Lipinski definition) is 5. The third kappa shape index (κ3) is 3.77. The van der Waals surface area contributed by atoms with Crippen molar-refractivity contribution in [1.29, 1.82) is 0 Å². The van der Waals surface area contributed by atoms with Gasteiger partial charge in [-0.15, -0.1) is 16.8 Å². The molecule has 2 heterocycles. The predicted octanol–water partition coefficient (Wildman–Crippen LogP) is 0.379. The molecule has 7 nitrogen and oxygen atoms in total. The van der Waals surface area contributed by atoms with E-state index in [0.717, 1.165) is 0 Å². The van der Waals surface area contributed by atoms with E-state index in [9.17, 15) is 9.59 Å². The van der Waals surface area contributed by atoms with Gasteiger partial charge in [0.05, 0.1) is 0 Å². The Morgan fingerprint density at radius 2 is 1.90 bits per heavy atom. The van der Waals surface area contributed by atoms with Crippen LogP contribution in [0.5, 0.6) is 0 Å². The first-order chi connectivity index (χ1) is 10.1. The molecule has 0 bridgehead atoms. The first-order valence-electron chi connectivity index (χ1n) is 6.85. The normalized spacial score (nSPS) is 14.7. The number of amides is 2. The second-order valence-electron chi connectivity index (χ2n) is 4.77.